The Kier molecular flexibility index (Phi) is 8.27. The van der Waals surface area contributed by atoms with Gasteiger partial charge in [-0.1, -0.05) is 17.3 Å². The third kappa shape index (κ3) is 5.91. The van der Waals surface area contributed by atoms with E-state index in [1.165, 1.54) is 16.7 Å². The molecule has 0 spiro atoms. The Morgan fingerprint density at radius 3 is 2.65 bits per heavy atom. The molecule has 3 aromatic carbocycles. The molecule has 4 aromatic rings. The van der Waals surface area contributed by atoms with E-state index in [-0.39, 0.29) is 12.6 Å². The summed E-state index contributed by atoms with van der Waals surface area (Å²) in [5.74, 6) is 1.18. The Bertz CT molecular complexity index is 1620. The number of methoxy groups -OCH3 is 2. The summed E-state index contributed by atoms with van der Waals surface area (Å²) in [5, 5.41) is 11.4. The predicted octanol–water partition coefficient (Wildman–Crippen LogP) is 3.29. The van der Waals surface area contributed by atoms with E-state index >= 15 is 0 Å². The summed E-state index contributed by atoms with van der Waals surface area (Å²) in [6, 6.07) is 16.6. The molecule has 12 heteroatoms. The number of nitrogens with zero attached hydrogens (tertiary/aromatic N) is 4. The lowest BCUT2D eigenvalue weighted by Crippen LogP contribution is -2.46. The van der Waals surface area contributed by atoms with Crippen LogP contribution in [0, 0.1) is 0 Å². The highest BCUT2D eigenvalue weighted by Gasteiger charge is 2.36. The summed E-state index contributed by atoms with van der Waals surface area (Å²) < 4.78 is 30.0. The van der Waals surface area contributed by atoms with E-state index in [2.05, 4.69) is 15.6 Å². The zero-order valence-electron chi connectivity index (χ0n) is 24.0. The summed E-state index contributed by atoms with van der Waals surface area (Å²) in [5.41, 5.74) is 2.26. The Morgan fingerprint density at radius 2 is 1.86 bits per heavy atom. The second-order valence-electron chi connectivity index (χ2n) is 10.2. The van der Waals surface area contributed by atoms with Gasteiger partial charge in [-0.25, -0.2) is 4.68 Å². The Morgan fingerprint density at radius 1 is 1.02 bits per heavy atom. The number of nitrogens with one attached hydrogen (secondary N) is 1. The first-order chi connectivity index (χ1) is 21.1. The average Bonchev–Trinajstić information content (AvgIpc) is 3.72. The van der Waals surface area contributed by atoms with Gasteiger partial charge in [0.15, 0.2) is 11.5 Å². The highest BCUT2D eigenvalue weighted by Crippen LogP contribution is 2.40. The van der Waals surface area contributed by atoms with E-state index in [0.717, 1.165) is 12.8 Å². The van der Waals surface area contributed by atoms with E-state index in [0.29, 0.717) is 71.6 Å². The van der Waals surface area contributed by atoms with Crippen LogP contribution in [0.4, 0.5) is 5.69 Å². The zero-order valence-corrected chi connectivity index (χ0v) is 24.0. The van der Waals surface area contributed by atoms with Crippen LogP contribution in [0.1, 0.15) is 24.4 Å². The van der Waals surface area contributed by atoms with Crippen molar-refractivity contribution >= 4 is 28.5 Å². The van der Waals surface area contributed by atoms with Crippen LogP contribution < -0.4 is 29.2 Å². The molecule has 2 amide bonds. The molecule has 0 aliphatic carbocycles. The molecule has 1 aromatic heterocycles. The van der Waals surface area contributed by atoms with Crippen LogP contribution >= 0.6 is 0 Å². The van der Waals surface area contributed by atoms with Crippen molar-refractivity contribution in [3.8, 4) is 23.0 Å². The molecule has 2 atom stereocenters. The number of para-hydroxylation sites is 1. The van der Waals surface area contributed by atoms with Gasteiger partial charge in [0.1, 0.15) is 42.8 Å². The largest absolute Gasteiger partial charge is 0.497 e. The van der Waals surface area contributed by atoms with Gasteiger partial charge in [-0.15, -0.1) is 5.10 Å². The molecule has 0 unspecified atom stereocenters. The number of carbonyl (C=O) groups is 2. The number of rotatable bonds is 10. The minimum Gasteiger partial charge on any atom is -0.497 e. The van der Waals surface area contributed by atoms with Crippen LogP contribution in [0.15, 0.2) is 60.7 Å². The van der Waals surface area contributed by atoms with Gasteiger partial charge in [0.2, 0.25) is 11.8 Å². The lowest BCUT2D eigenvalue weighted by atomic mass is 10.0. The summed E-state index contributed by atoms with van der Waals surface area (Å²) in [7, 11) is 3.06. The van der Waals surface area contributed by atoms with Crippen molar-refractivity contribution in [1.29, 1.82) is 0 Å². The Balaban J connectivity index is 1.45. The zero-order chi connectivity index (χ0) is 29.8. The van der Waals surface area contributed by atoms with Gasteiger partial charge in [-0.3, -0.25) is 14.5 Å². The molecular weight excluding hydrogens is 554 g/mol. The number of ether oxygens (including phenoxy) is 5. The third-order valence-electron chi connectivity index (χ3n) is 7.55. The number of hydrogen-bond donors (Lipinski definition) is 1. The molecule has 12 nitrogen and oxygen atoms in total. The molecule has 6 rings (SSSR count). The molecule has 0 saturated carbocycles. The maximum Gasteiger partial charge on any atom is 0.249 e. The first-order valence-corrected chi connectivity index (χ1v) is 14.2. The number of hydrogen-bond acceptors (Lipinski definition) is 9. The van der Waals surface area contributed by atoms with Crippen LogP contribution in [0.5, 0.6) is 23.0 Å². The molecule has 224 valence electrons. The van der Waals surface area contributed by atoms with Crippen LogP contribution in [0.25, 0.3) is 11.0 Å². The van der Waals surface area contributed by atoms with E-state index in [9.17, 15) is 9.59 Å². The fourth-order valence-corrected chi connectivity index (χ4v) is 5.42. The number of amides is 2. The van der Waals surface area contributed by atoms with Crippen LogP contribution in [0.2, 0.25) is 0 Å². The van der Waals surface area contributed by atoms with Crippen molar-refractivity contribution in [3.63, 3.8) is 0 Å². The second-order valence-corrected chi connectivity index (χ2v) is 10.2. The number of benzene rings is 3. The van der Waals surface area contributed by atoms with Crippen molar-refractivity contribution in [3.05, 3.63) is 66.2 Å². The maximum absolute atomic E-state index is 14.4. The number of carbonyl (C=O) groups excluding carboxylic acids is 2. The maximum atomic E-state index is 14.4. The Labute approximate surface area is 248 Å². The van der Waals surface area contributed by atoms with Crippen molar-refractivity contribution in [2.24, 2.45) is 0 Å². The summed E-state index contributed by atoms with van der Waals surface area (Å²) in [6.45, 7) is 1.58. The summed E-state index contributed by atoms with van der Waals surface area (Å²) in [6.07, 6.45) is 1.69. The van der Waals surface area contributed by atoms with Gasteiger partial charge >= 0.3 is 0 Å². The molecule has 2 aliphatic rings. The molecule has 2 aliphatic heterocycles. The van der Waals surface area contributed by atoms with Crippen LogP contribution in [-0.2, 0) is 20.9 Å². The van der Waals surface area contributed by atoms with Crippen LogP contribution in [-0.4, -0.2) is 73.5 Å². The smallest absolute Gasteiger partial charge is 0.249 e. The molecular formula is C31H33N5O7. The lowest BCUT2D eigenvalue weighted by Gasteiger charge is -2.33. The SMILES string of the molecule is COc1ccc([C@H](C(=O)NC[C@@H]2CCCO2)N(C(=O)Cn2nnc3ccccc32)c2ccc3c(c2)OCCO3)c(OC)c1. The van der Waals surface area contributed by atoms with Crippen molar-refractivity contribution in [2.45, 2.75) is 31.5 Å². The van der Waals surface area contributed by atoms with Gasteiger partial charge in [0.05, 0.1) is 25.8 Å². The highest BCUT2D eigenvalue weighted by atomic mass is 16.6. The fraction of sp³-hybridized carbons (Fsp3) is 0.355. The predicted molar refractivity (Wildman–Crippen MR) is 157 cm³/mol. The minimum absolute atomic E-state index is 0.0951. The molecule has 1 fully saturated rings. The van der Waals surface area contributed by atoms with Crippen LogP contribution in [0.3, 0.4) is 0 Å². The lowest BCUT2D eigenvalue weighted by molar-refractivity contribution is -0.127. The molecule has 43 heavy (non-hydrogen) atoms. The van der Waals surface area contributed by atoms with Crippen molar-refractivity contribution in [2.75, 3.05) is 45.5 Å². The first kappa shape index (κ1) is 28.3. The van der Waals surface area contributed by atoms with Gasteiger partial charge in [-0.2, -0.15) is 0 Å². The van der Waals surface area contributed by atoms with Crippen molar-refractivity contribution < 1.29 is 33.3 Å². The summed E-state index contributed by atoms with van der Waals surface area (Å²) in [4.78, 5) is 30.1. The van der Waals surface area contributed by atoms with Crippen molar-refractivity contribution in [1.82, 2.24) is 20.3 Å². The molecule has 0 bridgehead atoms. The topological polar surface area (TPSA) is 126 Å². The fourth-order valence-electron chi connectivity index (χ4n) is 5.42. The van der Waals surface area contributed by atoms with Gasteiger partial charge in [0.25, 0.3) is 0 Å². The Hall–Kier alpha value is -4.84. The van der Waals surface area contributed by atoms with E-state index in [4.69, 9.17) is 23.7 Å². The molecule has 0 radical (unpaired) electrons. The number of aromatic nitrogens is 3. The second kappa shape index (κ2) is 12.6. The van der Waals surface area contributed by atoms with E-state index in [1.807, 2.05) is 24.3 Å². The number of fused-ring (bicyclic) bond motifs is 2. The van der Waals surface area contributed by atoms with E-state index < -0.39 is 17.9 Å². The van der Waals surface area contributed by atoms with Gasteiger partial charge in [-0.05, 0) is 49.2 Å². The summed E-state index contributed by atoms with van der Waals surface area (Å²) >= 11 is 0. The molecule has 1 N–H and O–H groups in total. The normalized spacial score (nSPS) is 16.5. The average molecular weight is 588 g/mol. The quantitative estimate of drug-likeness (QED) is 0.297. The third-order valence-corrected chi connectivity index (χ3v) is 7.55. The monoisotopic (exact) mass is 587 g/mol. The minimum atomic E-state index is -1.13. The number of anilines is 1. The van der Waals surface area contributed by atoms with E-state index in [1.54, 1.807) is 43.5 Å². The van der Waals surface area contributed by atoms with Gasteiger partial charge in [0, 0.05) is 36.5 Å². The first-order valence-electron chi connectivity index (χ1n) is 14.2. The highest BCUT2D eigenvalue weighted by molar-refractivity contribution is 6.02. The molecule has 3 heterocycles. The molecule has 1 saturated heterocycles. The van der Waals surface area contributed by atoms with Gasteiger partial charge < -0.3 is 29.0 Å². The standard InChI is InChI=1S/C31H33N5O7/c1-39-21-10-11-23(27(17-21)40-2)30(31(38)32-18-22-6-5-13-41-22)36(20-9-12-26-28(16-20)43-15-14-42-26)29(37)19-35-25-8-4-3-7-24(25)33-34-35/h3-4,7-12,16-17,22,30H,5-6,13-15,18-19H2,1-2H3,(H,32,38)/t22-,30+/m0/s1.